The summed E-state index contributed by atoms with van der Waals surface area (Å²) in [5.74, 6) is -0.375. The summed E-state index contributed by atoms with van der Waals surface area (Å²) in [5.41, 5.74) is 2.33. The summed E-state index contributed by atoms with van der Waals surface area (Å²) in [5, 5.41) is 2.69. The predicted molar refractivity (Wildman–Crippen MR) is 102 cm³/mol. The van der Waals surface area contributed by atoms with E-state index in [1.807, 2.05) is 42.7 Å². The standard InChI is InChI=1S/C18H20N2O3S2/c1-24-16-8-6-15(7-9-16)18(21)19-11-13-25(22,23)20-12-10-14-4-2-3-5-17(14)20/h2-9H,10-13H2,1H3,(H,19,21). The number of nitrogens with zero attached hydrogens (tertiary/aromatic N) is 1. The Morgan fingerprint density at radius 3 is 2.60 bits per heavy atom. The van der Waals surface area contributed by atoms with Crippen LogP contribution in [0.15, 0.2) is 53.4 Å². The second kappa shape index (κ2) is 7.49. The summed E-state index contributed by atoms with van der Waals surface area (Å²) in [7, 11) is -3.45. The van der Waals surface area contributed by atoms with E-state index in [-0.39, 0.29) is 18.2 Å². The van der Waals surface area contributed by atoms with Gasteiger partial charge in [-0.1, -0.05) is 18.2 Å². The number of amides is 1. The number of para-hydroxylation sites is 1. The van der Waals surface area contributed by atoms with Crippen molar-refractivity contribution in [3.05, 3.63) is 59.7 Å². The highest BCUT2D eigenvalue weighted by molar-refractivity contribution is 7.98. The minimum atomic E-state index is -3.45. The molecule has 0 bridgehead atoms. The summed E-state index contributed by atoms with van der Waals surface area (Å²) in [6.45, 7) is 0.551. The molecule has 25 heavy (non-hydrogen) atoms. The third kappa shape index (κ3) is 3.99. The number of rotatable bonds is 6. The lowest BCUT2D eigenvalue weighted by Gasteiger charge is -2.19. The maximum Gasteiger partial charge on any atom is 0.251 e. The van der Waals surface area contributed by atoms with Crippen molar-refractivity contribution in [2.45, 2.75) is 11.3 Å². The maximum atomic E-state index is 12.6. The third-order valence-electron chi connectivity index (χ3n) is 4.18. The molecule has 0 aromatic heterocycles. The summed E-state index contributed by atoms with van der Waals surface area (Å²) >= 11 is 1.60. The first-order valence-electron chi connectivity index (χ1n) is 8.02. The molecule has 2 aromatic carbocycles. The Labute approximate surface area is 152 Å². The van der Waals surface area contributed by atoms with Crippen molar-refractivity contribution in [3.63, 3.8) is 0 Å². The molecule has 0 spiro atoms. The Morgan fingerprint density at radius 1 is 1.16 bits per heavy atom. The third-order valence-corrected chi connectivity index (χ3v) is 6.69. The van der Waals surface area contributed by atoms with Crippen molar-refractivity contribution in [1.82, 2.24) is 5.32 Å². The monoisotopic (exact) mass is 376 g/mol. The summed E-state index contributed by atoms with van der Waals surface area (Å²) in [4.78, 5) is 13.2. The van der Waals surface area contributed by atoms with E-state index >= 15 is 0 Å². The molecule has 1 aliphatic heterocycles. The fourth-order valence-corrected chi connectivity index (χ4v) is 4.68. The fourth-order valence-electron chi connectivity index (χ4n) is 2.85. The molecule has 7 heteroatoms. The SMILES string of the molecule is CSc1ccc(C(=O)NCCS(=O)(=O)N2CCc3ccccc32)cc1. The molecule has 0 aliphatic carbocycles. The van der Waals surface area contributed by atoms with Gasteiger partial charge in [-0.05, 0) is 48.6 Å². The molecule has 1 N–H and O–H groups in total. The predicted octanol–water partition coefficient (Wildman–Crippen LogP) is 2.53. The summed E-state index contributed by atoms with van der Waals surface area (Å²) < 4.78 is 26.6. The van der Waals surface area contributed by atoms with Gasteiger partial charge in [0.2, 0.25) is 10.0 Å². The van der Waals surface area contributed by atoms with Crippen LogP contribution in [0.1, 0.15) is 15.9 Å². The smallest absolute Gasteiger partial charge is 0.251 e. The van der Waals surface area contributed by atoms with Crippen molar-refractivity contribution in [2.75, 3.05) is 29.4 Å². The lowest BCUT2D eigenvalue weighted by molar-refractivity contribution is 0.0956. The van der Waals surface area contributed by atoms with Crippen LogP contribution in [-0.4, -0.2) is 39.4 Å². The largest absolute Gasteiger partial charge is 0.351 e. The lowest BCUT2D eigenvalue weighted by atomic mass is 10.2. The molecule has 5 nitrogen and oxygen atoms in total. The average molecular weight is 377 g/mol. The van der Waals surface area contributed by atoms with E-state index in [0.717, 1.165) is 22.6 Å². The molecule has 0 saturated heterocycles. The molecule has 0 fully saturated rings. The topological polar surface area (TPSA) is 66.5 Å². The molecule has 1 aliphatic rings. The quantitative estimate of drug-likeness (QED) is 0.787. The fraction of sp³-hybridized carbons (Fsp3) is 0.278. The Balaban J connectivity index is 1.58. The minimum absolute atomic E-state index is 0.0874. The van der Waals surface area contributed by atoms with Crippen molar-refractivity contribution in [1.29, 1.82) is 0 Å². The number of benzene rings is 2. The number of nitrogens with one attached hydrogen (secondary N) is 1. The summed E-state index contributed by atoms with van der Waals surface area (Å²) in [6, 6.07) is 14.8. The molecular weight excluding hydrogens is 356 g/mol. The van der Waals surface area contributed by atoms with Gasteiger partial charge in [0.05, 0.1) is 11.4 Å². The van der Waals surface area contributed by atoms with Crippen LogP contribution in [0.3, 0.4) is 0 Å². The zero-order chi connectivity index (χ0) is 17.9. The van der Waals surface area contributed by atoms with Crippen LogP contribution in [0.4, 0.5) is 5.69 Å². The van der Waals surface area contributed by atoms with Gasteiger partial charge in [-0.2, -0.15) is 0 Å². The van der Waals surface area contributed by atoms with E-state index < -0.39 is 10.0 Å². The van der Waals surface area contributed by atoms with Gasteiger partial charge in [-0.25, -0.2) is 8.42 Å². The first kappa shape index (κ1) is 17.8. The Hall–Kier alpha value is -1.99. The van der Waals surface area contributed by atoms with Crippen LogP contribution in [0.25, 0.3) is 0 Å². The van der Waals surface area contributed by atoms with Gasteiger partial charge in [-0.15, -0.1) is 11.8 Å². The van der Waals surface area contributed by atoms with Gasteiger partial charge < -0.3 is 5.32 Å². The molecule has 1 heterocycles. The number of anilines is 1. The molecular formula is C18H20N2O3S2. The van der Waals surface area contributed by atoms with Crippen molar-refractivity contribution < 1.29 is 13.2 Å². The van der Waals surface area contributed by atoms with Crippen LogP contribution in [0.5, 0.6) is 0 Å². The second-order valence-electron chi connectivity index (χ2n) is 5.75. The molecule has 1 amide bonds. The highest BCUT2D eigenvalue weighted by atomic mass is 32.2. The van der Waals surface area contributed by atoms with Gasteiger partial charge in [0.15, 0.2) is 0 Å². The highest BCUT2D eigenvalue weighted by Gasteiger charge is 2.28. The molecule has 2 aromatic rings. The van der Waals surface area contributed by atoms with Crippen molar-refractivity contribution in [3.8, 4) is 0 Å². The Morgan fingerprint density at radius 2 is 1.88 bits per heavy atom. The Bertz CT molecular complexity index is 864. The lowest BCUT2D eigenvalue weighted by Crippen LogP contribution is -2.36. The summed E-state index contributed by atoms with van der Waals surface area (Å²) in [6.07, 6.45) is 2.69. The number of sulfonamides is 1. The first-order chi connectivity index (χ1) is 12.0. The van der Waals surface area contributed by atoms with Gasteiger partial charge in [0, 0.05) is 23.5 Å². The number of fused-ring (bicyclic) bond motifs is 1. The van der Waals surface area contributed by atoms with Crippen LogP contribution in [-0.2, 0) is 16.4 Å². The van der Waals surface area contributed by atoms with E-state index in [1.54, 1.807) is 23.9 Å². The zero-order valence-electron chi connectivity index (χ0n) is 13.9. The van der Waals surface area contributed by atoms with Gasteiger partial charge in [0.1, 0.15) is 0 Å². The molecule has 0 atom stereocenters. The average Bonchev–Trinajstić information content (AvgIpc) is 3.06. The van der Waals surface area contributed by atoms with Crippen LogP contribution in [0.2, 0.25) is 0 Å². The first-order valence-corrected chi connectivity index (χ1v) is 10.9. The Kier molecular flexibility index (Phi) is 5.34. The maximum absolute atomic E-state index is 12.6. The number of carbonyl (C=O) groups excluding carboxylic acids is 1. The molecule has 132 valence electrons. The van der Waals surface area contributed by atoms with Crippen molar-refractivity contribution in [2.24, 2.45) is 0 Å². The molecule has 0 unspecified atom stereocenters. The van der Waals surface area contributed by atoms with Gasteiger partial charge >= 0.3 is 0 Å². The van der Waals surface area contributed by atoms with E-state index in [1.165, 1.54) is 4.31 Å². The number of carbonyl (C=O) groups is 1. The van der Waals surface area contributed by atoms with Gasteiger partial charge in [0.25, 0.3) is 5.91 Å². The normalized spacial score (nSPS) is 13.6. The number of thioether (sulfide) groups is 1. The second-order valence-corrected chi connectivity index (χ2v) is 8.64. The van der Waals surface area contributed by atoms with E-state index in [4.69, 9.17) is 0 Å². The van der Waals surface area contributed by atoms with Crippen LogP contribution < -0.4 is 9.62 Å². The zero-order valence-corrected chi connectivity index (χ0v) is 15.6. The number of hydrogen-bond donors (Lipinski definition) is 1. The number of hydrogen-bond acceptors (Lipinski definition) is 4. The molecule has 3 rings (SSSR count). The highest BCUT2D eigenvalue weighted by Crippen LogP contribution is 2.29. The molecule has 0 saturated carbocycles. The van der Waals surface area contributed by atoms with E-state index in [0.29, 0.717) is 12.1 Å². The van der Waals surface area contributed by atoms with Crippen molar-refractivity contribution >= 4 is 33.4 Å². The molecule has 0 radical (unpaired) electrons. The van der Waals surface area contributed by atoms with Crippen LogP contribution in [0, 0.1) is 0 Å². The van der Waals surface area contributed by atoms with Gasteiger partial charge in [-0.3, -0.25) is 9.10 Å². The minimum Gasteiger partial charge on any atom is -0.351 e. The van der Waals surface area contributed by atoms with Crippen LogP contribution >= 0.6 is 11.8 Å². The van der Waals surface area contributed by atoms with E-state index in [2.05, 4.69) is 5.32 Å². The van der Waals surface area contributed by atoms with E-state index in [9.17, 15) is 13.2 Å².